The van der Waals surface area contributed by atoms with E-state index in [1.165, 1.54) is 0 Å². The maximum absolute atomic E-state index is 12.2. The third-order valence-corrected chi connectivity index (χ3v) is 4.30. The minimum atomic E-state index is -0.405. The Balaban J connectivity index is 1.99. The summed E-state index contributed by atoms with van der Waals surface area (Å²) in [7, 11) is 0. The predicted octanol–water partition coefficient (Wildman–Crippen LogP) is 2.57. The number of amides is 1. The number of rotatable bonds is 5. The second kappa shape index (κ2) is 7.46. The lowest BCUT2D eigenvalue weighted by Crippen LogP contribution is -2.45. The van der Waals surface area contributed by atoms with E-state index >= 15 is 0 Å². The number of aliphatic hydroxyl groups is 1. The number of carbonyl (C=O) groups excluding carboxylic acids is 1. The molecule has 0 radical (unpaired) electrons. The van der Waals surface area contributed by atoms with Gasteiger partial charge in [-0.2, -0.15) is 0 Å². The lowest BCUT2D eigenvalue weighted by molar-refractivity contribution is 0.0717. The molecule has 1 amide bonds. The lowest BCUT2D eigenvalue weighted by Gasteiger charge is -2.28. The Hall–Kier alpha value is -1.55. The molecule has 2 atom stereocenters. The zero-order valence-electron chi connectivity index (χ0n) is 13.0. The highest BCUT2D eigenvalue weighted by Gasteiger charge is 2.24. The van der Waals surface area contributed by atoms with Crippen LogP contribution in [-0.4, -0.2) is 36.2 Å². The molecule has 2 N–H and O–H groups in total. The molecule has 0 aromatic heterocycles. The van der Waals surface area contributed by atoms with E-state index in [1.807, 2.05) is 24.3 Å². The predicted molar refractivity (Wildman–Crippen MR) is 85.7 cm³/mol. The summed E-state index contributed by atoms with van der Waals surface area (Å²) in [5, 5.41) is 12.9. The fraction of sp³-hybridized carbons (Fsp3) is 0.588. The number of hydrogen-bond donors (Lipinski definition) is 2. The van der Waals surface area contributed by atoms with Crippen molar-refractivity contribution >= 4 is 11.6 Å². The number of nitrogens with one attached hydrogen (secondary N) is 1. The van der Waals surface area contributed by atoms with Crippen LogP contribution in [0.3, 0.4) is 0 Å². The topological polar surface area (TPSA) is 52.6 Å². The summed E-state index contributed by atoms with van der Waals surface area (Å²) in [5.41, 5.74) is 1.79. The molecular weight excluding hydrogens is 264 g/mol. The van der Waals surface area contributed by atoms with Crippen molar-refractivity contribution in [3.05, 3.63) is 29.8 Å². The Kier molecular flexibility index (Phi) is 5.62. The smallest absolute Gasteiger partial charge is 0.251 e. The molecule has 0 spiro atoms. The van der Waals surface area contributed by atoms with E-state index in [0.717, 1.165) is 44.5 Å². The first-order chi connectivity index (χ1) is 10.2. The van der Waals surface area contributed by atoms with Gasteiger partial charge in [-0.05, 0) is 51.0 Å². The highest BCUT2D eigenvalue weighted by Crippen LogP contribution is 2.19. The summed E-state index contributed by atoms with van der Waals surface area (Å²) in [4.78, 5) is 14.5. The van der Waals surface area contributed by atoms with Crippen molar-refractivity contribution in [2.24, 2.45) is 0 Å². The molecule has 1 saturated carbocycles. The first-order valence-electron chi connectivity index (χ1n) is 7.99. The van der Waals surface area contributed by atoms with Gasteiger partial charge in [-0.1, -0.05) is 12.8 Å². The molecule has 0 bridgehead atoms. The zero-order chi connectivity index (χ0) is 15.2. The number of benzene rings is 1. The van der Waals surface area contributed by atoms with Crippen molar-refractivity contribution in [1.29, 1.82) is 0 Å². The normalized spacial score (nSPS) is 21.9. The van der Waals surface area contributed by atoms with Crippen LogP contribution in [0.15, 0.2) is 24.3 Å². The van der Waals surface area contributed by atoms with Gasteiger partial charge in [-0.25, -0.2) is 0 Å². The SMILES string of the molecule is CCN(CC)c1ccc(C(=O)N[C@@H]2CCCC[C@H]2O)cc1. The van der Waals surface area contributed by atoms with Gasteiger partial charge in [0.25, 0.3) is 5.91 Å². The van der Waals surface area contributed by atoms with Crippen LogP contribution in [0, 0.1) is 0 Å². The summed E-state index contributed by atoms with van der Waals surface area (Å²) in [6.07, 6.45) is 3.36. The average Bonchev–Trinajstić information content (AvgIpc) is 2.51. The molecule has 1 fully saturated rings. The molecule has 0 saturated heterocycles. The van der Waals surface area contributed by atoms with Crippen LogP contribution < -0.4 is 10.2 Å². The van der Waals surface area contributed by atoms with E-state index in [4.69, 9.17) is 0 Å². The molecule has 21 heavy (non-hydrogen) atoms. The lowest BCUT2D eigenvalue weighted by atomic mass is 9.92. The van der Waals surface area contributed by atoms with Crippen LogP contribution in [-0.2, 0) is 0 Å². The molecule has 1 aromatic carbocycles. The number of aliphatic hydroxyl groups excluding tert-OH is 1. The third kappa shape index (κ3) is 3.97. The quantitative estimate of drug-likeness (QED) is 0.876. The number of nitrogens with zero attached hydrogens (tertiary/aromatic N) is 1. The second-order valence-electron chi connectivity index (χ2n) is 5.65. The minimum absolute atomic E-state index is 0.0907. The molecule has 0 heterocycles. The first-order valence-corrected chi connectivity index (χ1v) is 7.99. The van der Waals surface area contributed by atoms with E-state index in [-0.39, 0.29) is 11.9 Å². The van der Waals surface area contributed by atoms with Crippen molar-refractivity contribution in [2.45, 2.75) is 51.7 Å². The first kappa shape index (κ1) is 15.8. The van der Waals surface area contributed by atoms with Crippen molar-refractivity contribution in [3.63, 3.8) is 0 Å². The van der Waals surface area contributed by atoms with Crippen molar-refractivity contribution < 1.29 is 9.90 Å². The molecule has 0 aliphatic heterocycles. The van der Waals surface area contributed by atoms with E-state index in [2.05, 4.69) is 24.1 Å². The minimum Gasteiger partial charge on any atom is -0.391 e. The van der Waals surface area contributed by atoms with Gasteiger partial charge >= 0.3 is 0 Å². The van der Waals surface area contributed by atoms with Gasteiger partial charge in [0, 0.05) is 24.3 Å². The van der Waals surface area contributed by atoms with Crippen LogP contribution in [0.1, 0.15) is 49.9 Å². The van der Waals surface area contributed by atoms with Crippen LogP contribution in [0.5, 0.6) is 0 Å². The van der Waals surface area contributed by atoms with Crippen LogP contribution in [0.25, 0.3) is 0 Å². The highest BCUT2D eigenvalue weighted by molar-refractivity contribution is 5.94. The maximum atomic E-state index is 12.2. The van der Waals surface area contributed by atoms with Gasteiger partial charge in [0.05, 0.1) is 12.1 Å². The molecule has 0 unspecified atom stereocenters. The van der Waals surface area contributed by atoms with E-state index < -0.39 is 6.10 Å². The number of anilines is 1. The summed E-state index contributed by atoms with van der Waals surface area (Å²) < 4.78 is 0. The van der Waals surface area contributed by atoms with Gasteiger partial charge in [-0.3, -0.25) is 4.79 Å². The fourth-order valence-corrected chi connectivity index (χ4v) is 2.94. The summed E-state index contributed by atoms with van der Waals surface area (Å²) in [6.45, 7) is 6.15. The van der Waals surface area contributed by atoms with Gasteiger partial charge in [0.1, 0.15) is 0 Å². The van der Waals surface area contributed by atoms with E-state index in [1.54, 1.807) is 0 Å². The maximum Gasteiger partial charge on any atom is 0.251 e. The highest BCUT2D eigenvalue weighted by atomic mass is 16.3. The van der Waals surface area contributed by atoms with E-state index in [0.29, 0.717) is 5.56 Å². The molecule has 116 valence electrons. The molecular formula is C17H26N2O2. The largest absolute Gasteiger partial charge is 0.391 e. The fourth-order valence-electron chi connectivity index (χ4n) is 2.94. The summed E-state index contributed by atoms with van der Waals surface area (Å²) in [6, 6.07) is 7.59. The van der Waals surface area contributed by atoms with Gasteiger partial charge in [-0.15, -0.1) is 0 Å². The third-order valence-electron chi connectivity index (χ3n) is 4.30. The van der Waals surface area contributed by atoms with Gasteiger partial charge < -0.3 is 15.3 Å². The van der Waals surface area contributed by atoms with Crippen LogP contribution in [0.4, 0.5) is 5.69 Å². The Morgan fingerprint density at radius 1 is 1.19 bits per heavy atom. The molecule has 1 aliphatic carbocycles. The number of hydrogen-bond acceptors (Lipinski definition) is 3. The molecule has 4 heteroatoms. The van der Waals surface area contributed by atoms with Gasteiger partial charge in [0.2, 0.25) is 0 Å². The summed E-state index contributed by atoms with van der Waals surface area (Å²) in [5.74, 6) is -0.0907. The molecule has 1 aromatic rings. The Bertz CT molecular complexity index is 454. The van der Waals surface area contributed by atoms with Crippen molar-refractivity contribution in [2.75, 3.05) is 18.0 Å². The van der Waals surface area contributed by atoms with Crippen molar-refractivity contribution in [1.82, 2.24) is 5.32 Å². The zero-order valence-corrected chi connectivity index (χ0v) is 13.0. The average molecular weight is 290 g/mol. The monoisotopic (exact) mass is 290 g/mol. The van der Waals surface area contributed by atoms with Crippen LogP contribution >= 0.6 is 0 Å². The van der Waals surface area contributed by atoms with E-state index in [9.17, 15) is 9.90 Å². The molecule has 4 nitrogen and oxygen atoms in total. The Morgan fingerprint density at radius 2 is 1.81 bits per heavy atom. The number of carbonyl (C=O) groups is 1. The second-order valence-corrected chi connectivity index (χ2v) is 5.65. The van der Waals surface area contributed by atoms with Crippen molar-refractivity contribution in [3.8, 4) is 0 Å². The Morgan fingerprint density at radius 3 is 2.38 bits per heavy atom. The molecule has 2 rings (SSSR count). The summed E-state index contributed by atoms with van der Waals surface area (Å²) >= 11 is 0. The standard InChI is InChI=1S/C17H26N2O2/c1-3-19(4-2)14-11-9-13(10-12-14)17(21)18-15-7-5-6-8-16(15)20/h9-12,15-16,20H,3-8H2,1-2H3,(H,18,21)/t15-,16-/m1/s1. The Labute approximate surface area is 127 Å². The van der Waals surface area contributed by atoms with Crippen LogP contribution in [0.2, 0.25) is 0 Å². The van der Waals surface area contributed by atoms with Gasteiger partial charge in [0.15, 0.2) is 0 Å². The molecule has 1 aliphatic rings.